The summed E-state index contributed by atoms with van der Waals surface area (Å²) in [7, 11) is 0. The molecule has 0 fully saturated rings. The van der Waals surface area contributed by atoms with Crippen molar-refractivity contribution in [3.8, 4) is 5.75 Å². The Kier molecular flexibility index (Phi) is 3.51. The molecule has 3 nitrogen and oxygen atoms in total. The minimum absolute atomic E-state index is 0.422. The summed E-state index contributed by atoms with van der Waals surface area (Å²) in [5.41, 5.74) is 5.55. The molecule has 0 heterocycles. The lowest BCUT2D eigenvalue weighted by Crippen LogP contribution is -2.11. The number of benzene rings is 1. The van der Waals surface area contributed by atoms with E-state index in [1.54, 1.807) is 18.2 Å². The minimum Gasteiger partial charge on any atom is -0.493 e. The molecule has 14 heavy (non-hydrogen) atoms. The second-order valence-electron chi connectivity index (χ2n) is 3.53. The van der Waals surface area contributed by atoms with Crippen LogP contribution in [0.5, 0.6) is 5.75 Å². The highest BCUT2D eigenvalue weighted by atomic mass is 16.5. The molecule has 0 atom stereocenters. The summed E-state index contributed by atoms with van der Waals surface area (Å²) in [5.74, 6) is 0.624. The van der Waals surface area contributed by atoms with Gasteiger partial charge in [-0.05, 0) is 30.2 Å². The monoisotopic (exact) mass is 192 g/mol. The Morgan fingerprint density at radius 3 is 2.86 bits per heavy atom. The van der Waals surface area contributed by atoms with Crippen LogP contribution in [0.1, 0.15) is 24.2 Å². The van der Waals surface area contributed by atoms with Crippen molar-refractivity contribution in [2.75, 3.05) is 6.61 Å². The maximum atomic E-state index is 10.8. The van der Waals surface area contributed by atoms with Crippen LogP contribution in [0.2, 0.25) is 0 Å². The topological polar surface area (TPSA) is 52.3 Å². The highest BCUT2D eigenvalue weighted by Gasteiger charge is 2.02. The Morgan fingerprint density at radius 2 is 2.29 bits per heavy atom. The number of nitrogens with two attached hydrogens (primary N) is 1. The predicted octanol–water partition coefficient (Wildman–Crippen LogP) is 1.62. The van der Waals surface area contributed by atoms with Crippen molar-refractivity contribution in [3.05, 3.63) is 29.8 Å². The Morgan fingerprint density at radius 1 is 1.57 bits per heavy atom. The predicted molar refractivity (Wildman–Crippen MR) is 54.1 cm³/mol. The number of carbonyl (C=O) groups is 1. The summed E-state index contributed by atoms with van der Waals surface area (Å²) >= 11 is 0. The Labute approximate surface area is 83.9 Å². The first-order valence-electron chi connectivity index (χ1n) is 4.53. The van der Waals surface area contributed by atoms with E-state index >= 15 is 0 Å². The summed E-state index contributed by atoms with van der Waals surface area (Å²) in [6.07, 6.45) is 0. The Bertz CT molecular complexity index is 321. The molecule has 0 saturated heterocycles. The first-order valence-corrected chi connectivity index (χ1v) is 4.53. The third kappa shape index (κ3) is 3.09. The molecular formula is C11H14NO2. The van der Waals surface area contributed by atoms with Gasteiger partial charge in [0.1, 0.15) is 5.75 Å². The van der Waals surface area contributed by atoms with Crippen molar-refractivity contribution in [3.63, 3.8) is 0 Å². The Hall–Kier alpha value is -1.51. The molecule has 0 unspecified atom stereocenters. The number of hydrogen-bond acceptors (Lipinski definition) is 2. The van der Waals surface area contributed by atoms with Crippen molar-refractivity contribution in [1.82, 2.24) is 0 Å². The van der Waals surface area contributed by atoms with Gasteiger partial charge in [-0.15, -0.1) is 0 Å². The van der Waals surface area contributed by atoms with Gasteiger partial charge >= 0.3 is 0 Å². The quantitative estimate of drug-likeness (QED) is 0.788. The van der Waals surface area contributed by atoms with Crippen LogP contribution in [0, 0.1) is 12.0 Å². The molecule has 1 aromatic rings. The van der Waals surface area contributed by atoms with E-state index in [4.69, 9.17) is 10.5 Å². The van der Waals surface area contributed by atoms with Crippen LogP contribution < -0.4 is 10.5 Å². The molecule has 3 heteroatoms. The van der Waals surface area contributed by atoms with E-state index in [-0.39, 0.29) is 0 Å². The van der Waals surface area contributed by atoms with E-state index in [0.717, 1.165) is 0 Å². The fourth-order valence-electron chi connectivity index (χ4n) is 0.939. The van der Waals surface area contributed by atoms with Gasteiger partial charge in [-0.3, -0.25) is 4.79 Å². The van der Waals surface area contributed by atoms with Crippen LogP contribution in [-0.2, 0) is 0 Å². The average Bonchev–Trinajstić information content (AvgIpc) is 2.15. The first-order chi connectivity index (χ1) is 6.59. The third-order valence-electron chi connectivity index (χ3n) is 1.63. The zero-order valence-electron chi connectivity index (χ0n) is 8.41. The SMILES string of the molecule is CC(C)COc1c[c]cc(C(N)=O)c1. The van der Waals surface area contributed by atoms with Crippen LogP contribution >= 0.6 is 0 Å². The van der Waals surface area contributed by atoms with Crippen molar-refractivity contribution in [2.24, 2.45) is 11.7 Å². The molecule has 0 aliphatic carbocycles. The first kappa shape index (κ1) is 10.6. The van der Waals surface area contributed by atoms with Gasteiger partial charge < -0.3 is 10.5 Å². The second-order valence-corrected chi connectivity index (χ2v) is 3.53. The van der Waals surface area contributed by atoms with Crippen LogP contribution in [0.4, 0.5) is 0 Å². The number of amides is 1. The van der Waals surface area contributed by atoms with Crippen LogP contribution in [0.3, 0.4) is 0 Å². The molecule has 0 spiro atoms. The number of carbonyl (C=O) groups excluding carboxylic acids is 1. The van der Waals surface area contributed by atoms with Gasteiger partial charge in [-0.2, -0.15) is 0 Å². The summed E-state index contributed by atoms with van der Waals surface area (Å²) in [6, 6.07) is 7.67. The lowest BCUT2D eigenvalue weighted by atomic mass is 10.2. The van der Waals surface area contributed by atoms with E-state index in [1.165, 1.54) is 0 Å². The smallest absolute Gasteiger partial charge is 0.248 e. The van der Waals surface area contributed by atoms with Gasteiger partial charge in [0.05, 0.1) is 6.61 Å². The lowest BCUT2D eigenvalue weighted by Gasteiger charge is -2.08. The van der Waals surface area contributed by atoms with Gasteiger partial charge in [0.15, 0.2) is 0 Å². The summed E-state index contributed by atoms with van der Waals surface area (Å²) < 4.78 is 5.42. The molecule has 0 saturated carbocycles. The molecule has 0 aliphatic heterocycles. The fourth-order valence-corrected chi connectivity index (χ4v) is 0.939. The van der Waals surface area contributed by atoms with Gasteiger partial charge in [0.2, 0.25) is 5.91 Å². The molecule has 0 aliphatic rings. The third-order valence-corrected chi connectivity index (χ3v) is 1.63. The van der Waals surface area contributed by atoms with Gasteiger partial charge in [0, 0.05) is 5.56 Å². The van der Waals surface area contributed by atoms with Crippen molar-refractivity contribution < 1.29 is 9.53 Å². The maximum absolute atomic E-state index is 10.8. The Balaban J connectivity index is 2.69. The fraction of sp³-hybridized carbons (Fsp3) is 0.364. The molecule has 1 amide bonds. The van der Waals surface area contributed by atoms with Crippen LogP contribution in [-0.4, -0.2) is 12.5 Å². The van der Waals surface area contributed by atoms with Gasteiger partial charge in [0.25, 0.3) is 0 Å². The van der Waals surface area contributed by atoms with Crippen molar-refractivity contribution >= 4 is 5.91 Å². The second kappa shape index (κ2) is 4.65. The van der Waals surface area contributed by atoms with E-state index in [2.05, 4.69) is 19.9 Å². The number of primary amides is 1. The number of hydrogen-bond donors (Lipinski definition) is 1. The molecule has 75 valence electrons. The lowest BCUT2D eigenvalue weighted by molar-refractivity contribution is 0.1000. The van der Waals surface area contributed by atoms with Crippen molar-refractivity contribution in [2.45, 2.75) is 13.8 Å². The summed E-state index contributed by atoms with van der Waals surface area (Å²) in [6.45, 7) is 4.74. The van der Waals surface area contributed by atoms with Gasteiger partial charge in [-0.25, -0.2) is 0 Å². The zero-order chi connectivity index (χ0) is 10.6. The highest BCUT2D eigenvalue weighted by molar-refractivity contribution is 5.93. The molecule has 1 aromatic carbocycles. The average molecular weight is 192 g/mol. The zero-order valence-corrected chi connectivity index (χ0v) is 8.41. The number of rotatable bonds is 4. The largest absolute Gasteiger partial charge is 0.493 e. The molecule has 0 aromatic heterocycles. The standard InChI is InChI=1S/C11H14NO2/c1-8(2)7-14-10-5-3-4-9(6-10)11(12)13/h4-6,8H,7H2,1-2H3,(H2,12,13). The molecule has 0 bridgehead atoms. The molecule has 2 N–H and O–H groups in total. The minimum atomic E-state index is -0.462. The van der Waals surface area contributed by atoms with E-state index in [9.17, 15) is 4.79 Å². The van der Waals surface area contributed by atoms with E-state index < -0.39 is 5.91 Å². The summed E-state index contributed by atoms with van der Waals surface area (Å²) in [4.78, 5) is 10.8. The number of ether oxygens (including phenoxy) is 1. The van der Waals surface area contributed by atoms with Gasteiger partial charge in [-0.1, -0.05) is 13.8 Å². The van der Waals surface area contributed by atoms with Crippen molar-refractivity contribution in [1.29, 1.82) is 0 Å². The van der Waals surface area contributed by atoms with E-state index in [0.29, 0.717) is 23.8 Å². The summed E-state index contributed by atoms with van der Waals surface area (Å²) in [5, 5.41) is 0. The molecule has 1 rings (SSSR count). The maximum Gasteiger partial charge on any atom is 0.248 e. The van der Waals surface area contributed by atoms with Crippen LogP contribution in [0.15, 0.2) is 18.2 Å². The highest BCUT2D eigenvalue weighted by Crippen LogP contribution is 2.13. The van der Waals surface area contributed by atoms with E-state index in [1.807, 2.05) is 0 Å². The molecule has 1 radical (unpaired) electrons. The van der Waals surface area contributed by atoms with Crippen LogP contribution in [0.25, 0.3) is 0 Å². The molecular weight excluding hydrogens is 178 g/mol. The normalized spacial score (nSPS) is 10.2.